The van der Waals surface area contributed by atoms with Crippen LogP contribution in [0.3, 0.4) is 0 Å². The van der Waals surface area contributed by atoms with Gasteiger partial charge in [-0.05, 0) is 103 Å². The molecule has 17 unspecified atom stereocenters. The Hall–Kier alpha value is -4.07. The SMILES string of the molecule is CC/C=C\C/C=C\C/C=C\C/C=C\C/C=C\C/C=C\C/C=C\C/C=C\C/C=C\CCCCCCCCCC(=O)NC(COC1OC(CO)C(OC2OC(CO)C(OC3OC(CO)C(O)C(O)C3O)C(O)C2O)C(O)C1O)C(O)/C=C/CC/C=C/CCCCCCCCCCCCCCCCCCCCCCCCC. The maximum absolute atomic E-state index is 13.5. The zero-order valence-electron chi connectivity index (χ0n) is 67.2. The second-order valence-electron chi connectivity index (χ2n) is 29.9. The van der Waals surface area contributed by atoms with Crippen molar-refractivity contribution >= 4 is 5.91 Å². The standard InChI is InChI=1S/C90H153NO18/c1-3-5-7-9-11-13-15-17-19-21-23-25-27-29-31-33-34-35-36-37-38-40-42-44-46-48-50-52-54-56-58-60-62-64-66-68-78(96)91-73(74(95)67-65-63-61-59-57-55-53-51-49-47-45-43-41-39-32-30-28-26-24-22-20-18-16-14-12-10-8-6-4-2)72-104-88-84(102)81(99)86(76(70-93)106-88)109-90-85(103)82(100)87(77(71-94)107-90)108-89-83(101)80(98)79(97)75(69-92)105-89/h5,7,11,13,17,19,23,25,29,31,34-35,37-38,42,44,48,50,57,59,65,67,73-77,79-90,92-95,97-103H,3-4,6,8-10,12,14-16,18,20-22,24,26-28,30,32-33,36,39-41,43,45-47,49,51-56,58,60-64,66,68-72H2,1-2H3,(H,91,96)/b7-5-,13-11-,19-17-,25-23-,31-29-,35-34-,38-37-,44-42-,50-48-,59-57+,67-65+. The summed E-state index contributed by atoms with van der Waals surface area (Å²) in [7, 11) is 0. The van der Waals surface area contributed by atoms with Crippen molar-refractivity contribution in [2.45, 2.75) is 401 Å². The normalized spacial score (nSPS) is 26.0. The van der Waals surface area contributed by atoms with Gasteiger partial charge in [-0.2, -0.15) is 0 Å². The van der Waals surface area contributed by atoms with Crippen molar-refractivity contribution in [3.63, 3.8) is 0 Å². The van der Waals surface area contributed by atoms with E-state index in [4.69, 9.17) is 28.4 Å². The average Bonchev–Trinajstić information content (AvgIpc) is 0.749. The van der Waals surface area contributed by atoms with Gasteiger partial charge in [-0.1, -0.05) is 321 Å². The van der Waals surface area contributed by atoms with Crippen molar-refractivity contribution in [3.8, 4) is 0 Å². The molecule has 3 aliphatic heterocycles. The molecular formula is C90H153NO18. The zero-order chi connectivity index (χ0) is 78.8. The number of hydrogen-bond donors (Lipinski definition) is 12. The Morgan fingerprint density at radius 2 is 0.642 bits per heavy atom. The van der Waals surface area contributed by atoms with Gasteiger partial charge in [-0.25, -0.2) is 0 Å². The van der Waals surface area contributed by atoms with E-state index in [1.165, 1.54) is 141 Å². The summed E-state index contributed by atoms with van der Waals surface area (Å²) in [5, 5.41) is 121. The van der Waals surface area contributed by atoms with E-state index in [2.05, 4.69) is 141 Å². The number of rotatable bonds is 67. The summed E-state index contributed by atoms with van der Waals surface area (Å²) in [5.41, 5.74) is 0. The summed E-state index contributed by atoms with van der Waals surface area (Å²) in [6, 6.07) is -1.01. The van der Waals surface area contributed by atoms with E-state index < -0.39 is 124 Å². The first-order chi connectivity index (χ1) is 53.3. The molecule has 0 bridgehead atoms. The van der Waals surface area contributed by atoms with Crippen LogP contribution in [0.25, 0.3) is 0 Å². The van der Waals surface area contributed by atoms with Crippen LogP contribution in [0.2, 0.25) is 0 Å². The van der Waals surface area contributed by atoms with Crippen LogP contribution in [0, 0.1) is 0 Å². The van der Waals surface area contributed by atoms with Crippen LogP contribution in [-0.2, 0) is 33.2 Å². The molecular weight excluding hydrogens is 1380 g/mol. The number of aliphatic hydroxyl groups excluding tert-OH is 11. The van der Waals surface area contributed by atoms with Gasteiger partial charge in [-0.15, -0.1) is 0 Å². The van der Waals surface area contributed by atoms with Crippen molar-refractivity contribution in [1.29, 1.82) is 0 Å². The fraction of sp³-hybridized carbons (Fsp3) is 0.744. The van der Waals surface area contributed by atoms with Crippen LogP contribution < -0.4 is 5.32 Å². The first-order valence-electron chi connectivity index (χ1n) is 42.9. The molecule has 3 saturated heterocycles. The molecule has 0 aromatic rings. The second kappa shape index (κ2) is 68.3. The van der Waals surface area contributed by atoms with Crippen LogP contribution in [0.15, 0.2) is 134 Å². The lowest BCUT2D eigenvalue weighted by molar-refractivity contribution is -0.379. The lowest BCUT2D eigenvalue weighted by Gasteiger charge is -2.48. The molecule has 0 aliphatic carbocycles. The van der Waals surface area contributed by atoms with Gasteiger partial charge < -0.3 is 89.9 Å². The highest BCUT2D eigenvalue weighted by molar-refractivity contribution is 5.76. The maximum atomic E-state index is 13.5. The monoisotopic (exact) mass is 1540 g/mol. The zero-order valence-corrected chi connectivity index (χ0v) is 67.2. The minimum atomic E-state index is -1.99. The summed E-state index contributed by atoms with van der Waals surface area (Å²) >= 11 is 0. The van der Waals surface area contributed by atoms with E-state index >= 15 is 0 Å². The number of amides is 1. The summed E-state index contributed by atoms with van der Waals surface area (Å²) in [6.45, 7) is 1.61. The summed E-state index contributed by atoms with van der Waals surface area (Å²) < 4.78 is 34.5. The molecule has 19 heteroatoms. The quantitative estimate of drug-likeness (QED) is 0.0199. The molecule has 1 amide bonds. The Kier molecular flexibility index (Phi) is 62.2. The van der Waals surface area contributed by atoms with Crippen molar-refractivity contribution in [1.82, 2.24) is 5.32 Å². The number of allylic oxidation sites excluding steroid dienone is 21. The molecule has 12 N–H and O–H groups in total. The van der Waals surface area contributed by atoms with Crippen LogP contribution in [0.4, 0.5) is 0 Å². The molecule has 3 fully saturated rings. The van der Waals surface area contributed by atoms with E-state index in [-0.39, 0.29) is 18.9 Å². The molecule has 3 aliphatic rings. The van der Waals surface area contributed by atoms with Gasteiger partial charge in [0.25, 0.3) is 0 Å². The van der Waals surface area contributed by atoms with Gasteiger partial charge in [-0.3, -0.25) is 4.79 Å². The molecule has 0 radical (unpaired) electrons. The molecule has 17 atom stereocenters. The highest BCUT2D eigenvalue weighted by Crippen LogP contribution is 2.33. The van der Waals surface area contributed by atoms with Crippen molar-refractivity contribution < 1.29 is 89.4 Å². The van der Waals surface area contributed by atoms with Gasteiger partial charge >= 0.3 is 0 Å². The molecule has 626 valence electrons. The molecule has 0 aromatic heterocycles. The summed E-state index contributed by atoms with van der Waals surface area (Å²) in [6.07, 6.45) is 71.5. The largest absolute Gasteiger partial charge is 0.394 e. The predicted molar refractivity (Wildman–Crippen MR) is 438 cm³/mol. The van der Waals surface area contributed by atoms with E-state index in [0.29, 0.717) is 12.8 Å². The Balaban J connectivity index is 1.38. The summed E-state index contributed by atoms with van der Waals surface area (Å²) in [4.78, 5) is 13.5. The Labute approximate surface area is 658 Å². The van der Waals surface area contributed by atoms with E-state index in [1.54, 1.807) is 6.08 Å². The van der Waals surface area contributed by atoms with Gasteiger partial charge in [0.1, 0.15) is 73.2 Å². The third kappa shape index (κ3) is 47.4. The molecule has 0 saturated carbocycles. The average molecular weight is 1540 g/mol. The number of unbranched alkanes of at least 4 members (excludes halogenated alkanes) is 31. The number of ether oxygens (including phenoxy) is 6. The van der Waals surface area contributed by atoms with Crippen LogP contribution >= 0.6 is 0 Å². The van der Waals surface area contributed by atoms with Crippen LogP contribution in [0.1, 0.15) is 296 Å². The minimum Gasteiger partial charge on any atom is -0.394 e. The number of carbonyl (C=O) groups excluding carboxylic acids is 1. The second-order valence-corrected chi connectivity index (χ2v) is 29.9. The molecule has 3 rings (SSSR count). The first kappa shape index (κ1) is 99.1. The highest BCUT2D eigenvalue weighted by Gasteiger charge is 2.54. The number of hydrogen-bond acceptors (Lipinski definition) is 18. The number of nitrogens with one attached hydrogen (secondary N) is 1. The van der Waals surface area contributed by atoms with E-state index in [9.17, 15) is 61.0 Å². The Bertz CT molecular complexity index is 2490. The molecule has 0 aromatic carbocycles. The third-order valence-corrected chi connectivity index (χ3v) is 20.4. The molecule has 109 heavy (non-hydrogen) atoms. The van der Waals surface area contributed by atoms with Gasteiger partial charge in [0.05, 0.1) is 38.6 Å². The first-order valence-corrected chi connectivity index (χ1v) is 42.9. The lowest BCUT2D eigenvalue weighted by atomic mass is 9.96. The predicted octanol–water partition coefficient (Wildman–Crippen LogP) is 15.6. The molecule has 0 spiro atoms. The maximum Gasteiger partial charge on any atom is 0.220 e. The number of carbonyl (C=O) groups is 1. The van der Waals surface area contributed by atoms with E-state index in [0.717, 1.165) is 122 Å². The highest BCUT2D eigenvalue weighted by atomic mass is 16.8. The smallest absolute Gasteiger partial charge is 0.220 e. The minimum absolute atomic E-state index is 0.214. The molecule has 3 heterocycles. The van der Waals surface area contributed by atoms with Gasteiger partial charge in [0.15, 0.2) is 18.9 Å². The number of aliphatic hydroxyl groups is 11. The van der Waals surface area contributed by atoms with Crippen LogP contribution in [-0.4, -0.2) is 193 Å². The molecule has 19 nitrogen and oxygen atoms in total. The Morgan fingerprint density at radius 3 is 1.03 bits per heavy atom. The fourth-order valence-corrected chi connectivity index (χ4v) is 13.6. The van der Waals surface area contributed by atoms with Crippen molar-refractivity contribution in [2.75, 3.05) is 26.4 Å². The van der Waals surface area contributed by atoms with Crippen LogP contribution in [0.5, 0.6) is 0 Å². The Morgan fingerprint density at radius 1 is 0.339 bits per heavy atom. The third-order valence-electron chi connectivity index (χ3n) is 20.4. The summed E-state index contributed by atoms with van der Waals surface area (Å²) in [5.74, 6) is -0.299. The van der Waals surface area contributed by atoms with Crippen molar-refractivity contribution in [2.24, 2.45) is 0 Å². The fourth-order valence-electron chi connectivity index (χ4n) is 13.6. The van der Waals surface area contributed by atoms with Crippen molar-refractivity contribution in [3.05, 3.63) is 134 Å². The lowest BCUT2D eigenvalue weighted by Crippen LogP contribution is -2.66. The van der Waals surface area contributed by atoms with E-state index in [1.807, 2.05) is 6.08 Å². The van der Waals surface area contributed by atoms with Gasteiger partial charge in [0, 0.05) is 6.42 Å². The van der Waals surface area contributed by atoms with Gasteiger partial charge in [0.2, 0.25) is 5.91 Å². The topological polar surface area (TPSA) is 307 Å².